The van der Waals surface area contributed by atoms with Crippen LogP contribution in [0.5, 0.6) is 0 Å². The van der Waals surface area contributed by atoms with E-state index in [0.717, 1.165) is 54.8 Å². The normalized spacial score (nSPS) is 16.8. The fraction of sp³-hybridized carbons (Fsp3) is 0.333. The summed E-state index contributed by atoms with van der Waals surface area (Å²) in [6.45, 7) is 10.3. The molecule has 1 N–H and O–H groups in total. The summed E-state index contributed by atoms with van der Waals surface area (Å²) in [5, 5.41) is 12.6. The minimum Gasteiger partial charge on any atom is -0.475 e. The van der Waals surface area contributed by atoms with Crippen molar-refractivity contribution in [1.29, 1.82) is 0 Å². The molecular formula is C45H44Cl5N5O8S. The fourth-order valence-electron chi connectivity index (χ4n) is 8.31. The van der Waals surface area contributed by atoms with Gasteiger partial charge < -0.3 is 33.4 Å². The van der Waals surface area contributed by atoms with Crippen molar-refractivity contribution in [1.82, 2.24) is 14.1 Å². The van der Waals surface area contributed by atoms with E-state index in [2.05, 4.69) is 22.8 Å². The van der Waals surface area contributed by atoms with Crippen LogP contribution in [0.2, 0.25) is 25.1 Å². The molecule has 1 amide bonds. The van der Waals surface area contributed by atoms with E-state index in [4.69, 9.17) is 76.7 Å². The Kier molecular flexibility index (Phi) is 14.3. The van der Waals surface area contributed by atoms with Crippen LogP contribution < -0.4 is 9.80 Å². The maximum absolute atomic E-state index is 13.2. The summed E-state index contributed by atoms with van der Waals surface area (Å²) in [7, 11) is -3.87. The van der Waals surface area contributed by atoms with E-state index >= 15 is 0 Å². The molecule has 64 heavy (non-hydrogen) atoms. The van der Waals surface area contributed by atoms with Crippen LogP contribution in [0, 0.1) is 6.92 Å². The smallest absolute Gasteiger partial charge is 0.371 e. The summed E-state index contributed by atoms with van der Waals surface area (Å²) in [6.07, 6.45) is 0.557. The minimum atomic E-state index is -3.87. The molecule has 4 aromatic carbocycles. The number of anilines is 2. The topological polar surface area (TPSA) is 140 Å². The number of hydrogen-bond acceptors (Lipinski definition) is 10. The zero-order valence-corrected chi connectivity index (χ0v) is 39.3. The first kappa shape index (κ1) is 46.3. The number of halogens is 5. The van der Waals surface area contributed by atoms with E-state index in [-0.39, 0.29) is 33.2 Å². The predicted molar refractivity (Wildman–Crippen MR) is 252 cm³/mol. The van der Waals surface area contributed by atoms with Gasteiger partial charge in [0.25, 0.3) is 5.91 Å². The molecule has 338 valence electrons. The lowest BCUT2D eigenvalue weighted by Gasteiger charge is -2.37. The molecule has 0 aliphatic carbocycles. The number of amides is 1. The number of piperazine rings is 1. The van der Waals surface area contributed by atoms with Gasteiger partial charge in [-0.1, -0.05) is 70.1 Å². The minimum absolute atomic E-state index is 0.0673. The van der Waals surface area contributed by atoms with Crippen LogP contribution in [0.1, 0.15) is 38.7 Å². The van der Waals surface area contributed by atoms with Crippen LogP contribution >= 0.6 is 58.0 Å². The molecule has 19 heteroatoms. The molecule has 0 spiro atoms. The molecule has 3 aliphatic rings. The first-order chi connectivity index (χ1) is 30.7. The van der Waals surface area contributed by atoms with Gasteiger partial charge in [-0.05, 0) is 73.5 Å². The Labute approximate surface area is 395 Å². The number of fused-ring (bicyclic) bond motifs is 2. The van der Waals surface area contributed by atoms with E-state index in [1.807, 2.05) is 35.2 Å². The van der Waals surface area contributed by atoms with Gasteiger partial charge in [0, 0.05) is 110 Å². The average molecular weight is 992 g/mol. The number of sulfonamides is 1. The molecule has 3 saturated heterocycles. The van der Waals surface area contributed by atoms with Crippen molar-refractivity contribution < 1.29 is 36.7 Å². The summed E-state index contributed by atoms with van der Waals surface area (Å²) in [5.41, 5.74) is 5.12. The maximum atomic E-state index is 13.2. The fourth-order valence-corrected chi connectivity index (χ4v) is 11.7. The van der Waals surface area contributed by atoms with Crippen molar-refractivity contribution in [3.8, 4) is 0 Å². The molecule has 0 atom stereocenters. The van der Waals surface area contributed by atoms with Gasteiger partial charge in [0.1, 0.15) is 16.1 Å². The van der Waals surface area contributed by atoms with E-state index in [9.17, 15) is 18.0 Å². The lowest BCUT2D eigenvalue weighted by atomic mass is 10.1. The van der Waals surface area contributed by atoms with E-state index in [1.54, 1.807) is 23.1 Å². The highest BCUT2D eigenvalue weighted by Gasteiger charge is 2.32. The lowest BCUT2D eigenvalue weighted by molar-refractivity contribution is 0.0284. The lowest BCUT2D eigenvalue weighted by Crippen LogP contribution is -2.46. The van der Waals surface area contributed by atoms with Crippen LogP contribution in [0.25, 0.3) is 21.9 Å². The number of morpholine rings is 1. The molecule has 3 fully saturated rings. The molecule has 0 saturated carbocycles. The van der Waals surface area contributed by atoms with Gasteiger partial charge in [-0.25, -0.2) is 13.2 Å². The van der Waals surface area contributed by atoms with Gasteiger partial charge in [0.2, 0.25) is 15.8 Å². The third kappa shape index (κ3) is 9.67. The highest BCUT2D eigenvalue weighted by Crippen LogP contribution is 2.38. The summed E-state index contributed by atoms with van der Waals surface area (Å²) in [4.78, 5) is 32.5. The molecule has 0 radical (unpaired) electrons. The second kappa shape index (κ2) is 19.7. The molecule has 2 aromatic heterocycles. The van der Waals surface area contributed by atoms with Gasteiger partial charge in [-0.3, -0.25) is 9.69 Å². The van der Waals surface area contributed by atoms with Gasteiger partial charge in [-0.15, -0.1) is 0 Å². The first-order valence-corrected chi connectivity index (χ1v) is 24.0. The summed E-state index contributed by atoms with van der Waals surface area (Å²) in [6, 6.07) is 21.0. The number of carbonyl (C=O) groups is 2. The Morgan fingerprint density at radius 2 is 1.22 bits per heavy atom. The van der Waals surface area contributed by atoms with Crippen molar-refractivity contribution >= 4 is 113 Å². The zero-order chi connectivity index (χ0) is 45.3. The third-order valence-electron chi connectivity index (χ3n) is 11.7. The van der Waals surface area contributed by atoms with Crippen molar-refractivity contribution in [2.45, 2.75) is 24.8 Å². The Bertz CT molecular complexity index is 2780. The number of carboxylic acid groups (broad SMARTS) is 1. The zero-order valence-electron chi connectivity index (χ0n) is 34.7. The molecule has 13 nitrogen and oxygen atoms in total. The second-order valence-electron chi connectivity index (χ2n) is 15.6. The Hall–Kier alpha value is -4.22. The van der Waals surface area contributed by atoms with Crippen LogP contribution in [0.4, 0.5) is 11.4 Å². The number of aryl methyl sites for hydroxylation is 1. The van der Waals surface area contributed by atoms with Crippen LogP contribution in [0.3, 0.4) is 0 Å². The van der Waals surface area contributed by atoms with Gasteiger partial charge in [-0.2, -0.15) is 4.31 Å². The third-order valence-corrected chi connectivity index (χ3v) is 15.7. The highest BCUT2D eigenvalue weighted by molar-refractivity contribution is 7.89. The number of rotatable bonds is 8. The standard InChI is InChI=1S/C25H27Cl2N3O3.C20H17Cl3N2O5S/c1-17-18-15-24(25(31)30-11-13-32-14-12-30)33-23(18)6-5-22(17)29-9-7-28(8-10-29)16-19-20(26)3-2-4-21(19)27;21-13-3-1-4-14(22)19(13)31(28,29)25-8-2-7-24(9-10-25)15-5-6-16-12(18(15)23)11-17(30-16)20(26)27/h2-6,15H,7-14,16H2,1H3;1,3-6,11H,2,7-10H2,(H,26,27). The predicted octanol–water partition coefficient (Wildman–Crippen LogP) is 9.83. The second-order valence-corrected chi connectivity index (χ2v) is 19.5. The maximum Gasteiger partial charge on any atom is 0.371 e. The number of carbonyl (C=O) groups excluding carboxylic acids is 1. The van der Waals surface area contributed by atoms with Gasteiger partial charge in [0.05, 0.1) is 34.0 Å². The SMILES string of the molecule is Cc1c(N2CCN(Cc3c(Cl)cccc3Cl)CC2)ccc2oc(C(=O)N3CCOCC3)cc12.O=C(O)c1cc2c(Cl)c(N3CCCN(S(=O)(=O)c4c(Cl)cccc4Cl)CC3)ccc2o1. The van der Waals surface area contributed by atoms with Crippen LogP contribution in [-0.4, -0.2) is 118 Å². The molecule has 3 aliphatic heterocycles. The van der Waals surface area contributed by atoms with Crippen molar-refractivity contribution in [2.75, 3.05) is 88.5 Å². The number of nitrogens with zero attached hydrogens (tertiary/aromatic N) is 5. The van der Waals surface area contributed by atoms with Crippen molar-refractivity contribution in [3.05, 3.63) is 121 Å². The Morgan fingerprint density at radius 3 is 1.88 bits per heavy atom. The Balaban J connectivity index is 0.000000175. The molecule has 0 bridgehead atoms. The number of ether oxygens (including phenoxy) is 1. The van der Waals surface area contributed by atoms with Crippen LogP contribution in [0.15, 0.2) is 86.5 Å². The van der Waals surface area contributed by atoms with Gasteiger partial charge in [0.15, 0.2) is 5.76 Å². The van der Waals surface area contributed by atoms with Crippen molar-refractivity contribution in [3.63, 3.8) is 0 Å². The van der Waals surface area contributed by atoms with E-state index in [0.29, 0.717) is 89.8 Å². The molecule has 0 unspecified atom stereocenters. The number of furan rings is 2. The number of hydrogen-bond donors (Lipinski definition) is 1. The Morgan fingerprint density at radius 1 is 0.656 bits per heavy atom. The molecule has 6 aromatic rings. The monoisotopic (exact) mass is 989 g/mol. The van der Waals surface area contributed by atoms with Crippen LogP contribution in [-0.2, 0) is 21.3 Å². The number of aromatic carboxylic acids is 1. The van der Waals surface area contributed by atoms with Crippen molar-refractivity contribution in [2.24, 2.45) is 0 Å². The first-order valence-electron chi connectivity index (χ1n) is 20.7. The largest absolute Gasteiger partial charge is 0.475 e. The number of benzene rings is 4. The number of carboxylic acids is 1. The summed E-state index contributed by atoms with van der Waals surface area (Å²) in [5.74, 6) is -1.04. The summed E-state index contributed by atoms with van der Waals surface area (Å²) >= 11 is 31.5. The average Bonchev–Trinajstić information content (AvgIpc) is 3.85. The van der Waals surface area contributed by atoms with Gasteiger partial charge >= 0.3 is 5.97 Å². The molecular weight excluding hydrogens is 948 g/mol. The van der Waals surface area contributed by atoms with E-state index in [1.165, 1.54) is 28.2 Å². The quantitative estimate of drug-likeness (QED) is 0.156. The van der Waals surface area contributed by atoms with E-state index < -0.39 is 16.0 Å². The summed E-state index contributed by atoms with van der Waals surface area (Å²) < 4.78 is 44.3. The highest BCUT2D eigenvalue weighted by atomic mass is 35.5. The molecule has 5 heterocycles. The molecule has 9 rings (SSSR count).